The number of esters is 1. The van der Waals surface area contributed by atoms with E-state index in [2.05, 4.69) is 53.7 Å². The SMILES string of the molecule is CC(=O)c1sc(C(C)(C)C)cc1C.COC(=O)c1sc(C(C)(C)C)cc1C. The maximum atomic E-state index is 11.4. The van der Waals surface area contributed by atoms with E-state index in [9.17, 15) is 9.59 Å². The lowest BCUT2D eigenvalue weighted by Crippen LogP contribution is -2.08. The van der Waals surface area contributed by atoms with Gasteiger partial charge in [-0.3, -0.25) is 4.79 Å². The minimum Gasteiger partial charge on any atom is -0.465 e. The molecule has 0 fully saturated rings. The van der Waals surface area contributed by atoms with Gasteiger partial charge in [0, 0.05) is 9.75 Å². The molecule has 2 aromatic heterocycles. The zero-order valence-electron chi connectivity index (χ0n) is 18.2. The largest absolute Gasteiger partial charge is 0.465 e. The predicted octanol–water partition coefficient (Wildman–Crippen LogP) is 6.70. The van der Waals surface area contributed by atoms with Crippen molar-refractivity contribution in [2.24, 2.45) is 0 Å². The lowest BCUT2D eigenvalue weighted by Gasteiger charge is -2.15. The van der Waals surface area contributed by atoms with Gasteiger partial charge < -0.3 is 4.74 Å². The van der Waals surface area contributed by atoms with Crippen molar-refractivity contribution in [3.8, 4) is 0 Å². The molecule has 0 bridgehead atoms. The van der Waals surface area contributed by atoms with Crippen LogP contribution in [0, 0.1) is 13.8 Å². The molecule has 150 valence electrons. The van der Waals surface area contributed by atoms with Crippen molar-refractivity contribution in [1.82, 2.24) is 0 Å². The highest BCUT2D eigenvalue weighted by atomic mass is 32.1. The van der Waals surface area contributed by atoms with Crippen molar-refractivity contribution < 1.29 is 14.3 Å². The van der Waals surface area contributed by atoms with Gasteiger partial charge in [-0.25, -0.2) is 4.79 Å². The minimum atomic E-state index is -0.233. The molecular formula is C22H32O3S2. The van der Waals surface area contributed by atoms with Gasteiger partial charge in [-0.1, -0.05) is 41.5 Å². The quantitative estimate of drug-likeness (QED) is 0.410. The van der Waals surface area contributed by atoms with E-state index in [4.69, 9.17) is 4.74 Å². The predicted molar refractivity (Wildman–Crippen MR) is 117 cm³/mol. The molecule has 0 saturated heterocycles. The summed E-state index contributed by atoms with van der Waals surface area (Å²) in [6.07, 6.45) is 0. The Morgan fingerprint density at radius 2 is 1.19 bits per heavy atom. The van der Waals surface area contributed by atoms with Crippen molar-refractivity contribution >= 4 is 34.4 Å². The fourth-order valence-corrected chi connectivity index (χ4v) is 4.62. The molecule has 2 rings (SSSR count). The fraction of sp³-hybridized carbons (Fsp3) is 0.545. The standard InChI is InChI=1S/C11H16O2S.C11H16OS/c1-7-6-8(11(2,3)4)14-9(7)10(12)13-5;1-7-6-9(11(3,4)5)13-10(7)8(2)12/h6H,1-5H3;6H,1-5H3. The van der Waals surface area contributed by atoms with Gasteiger partial charge in [0.1, 0.15) is 4.88 Å². The van der Waals surface area contributed by atoms with E-state index >= 15 is 0 Å². The van der Waals surface area contributed by atoms with E-state index in [-0.39, 0.29) is 22.6 Å². The Kier molecular flexibility index (Phi) is 7.60. The van der Waals surface area contributed by atoms with Crippen LogP contribution in [0.5, 0.6) is 0 Å². The molecule has 0 radical (unpaired) electrons. The van der Waals surface area contributed by atoms with Crippen LogP contribution in [0.25, 0.3) is 0 Å². The number of carbonyl (C=O) groups is 2. The summed E-state index contributed by atoms with van der Waals surface area (Å²) < 4.78 is 4.71. The van der Waals surface area contributed by atoms with Crippen molar-refractivity contribution in [2.45, 2.75) is 73.1 Å². The first kappa shape index (κ1) is 23.6. The average molecular weight is 409 g/mol. The highest BCUT2D eigenvalue weighted by Crippen LogP contribution is 2.33. The molecule has 0 spiro atoms. The summed E-state index contributed by atoms with van der Waals surface area (Å²) in [5.41, 5.74) is 2.37. The zero-order chi connectivity index (χ0) is 21.2. The first-order valence-electron chi connectivity index (χ1n) is 8.99. The second-order valence-electron chi connectivity index (χ2n) is 8.79. The molecule has 0 amide bonds. The summed E-state index contributed by atoms with van der Waals surface area (Å²) in [6.45, 7) is 18.5. The number of ketones is 1. The van der Waals surface area contributed by atoms with Crippen LogP contribution >= 0.6 is 22.7 Å². The first-order chi connectivity index (χ1) is 12.2. The number of Topliss-reactive ketones (excluding diaryl/α,β-unsaturated/α-hetero) is 1. The first-order valence-corrected chi connectivity index (χ1v) is 10.6. The molecular weight excluding hydrogens is 376 g/mol. The number of aryl methyl sites for hydroxylation is 2. The molecule has 3 nitrogen and oxygen atoms in total. The Labute approximate surface area is 171 Å². The molecule has 0 aliphatic heterocycles. The molecule has 0 atom stereocenters. The van der Waals surface area contributed by atoms with Crippen molar-refractivity contribution in [3.05, 3.63) is 42.8 Å². The Morgan fingerprint density at radius 3 is 1.44 bits per heavy atom. The normalized spacial score (nSPS) is 11.6. The molecule has 2 aromatic rings. The van der Waals surface area contributed by atoms with Crippen LogP contribution in [-0.4, -0.2) is 18.9 Å². The number of hydrogen-bond donors (Lipinski definition) is 0. The lowest BCUT2D eigenvalue weighted by molar-refractivity contribution is 0.0605. The van der Waals surface area contributed by atoms with E-state index in [1.807, 2.05) is 13.8 Å². The molecule has 0 N–H and O–H groups in total. The topological polar surface area (TPSA) is 43.4 Å². The maximum absolute atomic E-state index is 11.4. The summed E-state index contributed by atoms with van der Waals surface area (Å²) in [4.78, 5) is 26.7. The highest BCUT2D eigenvalue weighted by molar-refractivity contribution is 7.14. The number of methoxy groups -OCH3 is 1. The minimum absolute atomic E-state index is 0.0989. The van der Waals surface area contributed by atoms with Gasteiger partial charge in [0.25, 0.3) is 0 Å². The van der Waals surface area contributed by atoms with Gasteiger partial charge in [-0.2, -0.15) is 0 Å². The number of rotatable bonds is 2. The van der Waals surface area contributed by atoms with Crippen LogP contribution in [0.1, 0.15) is 88.7 Å². The van der Waals surface area contributed by atoms with Gasteiger partial charge >= 0.3 is 5.97 Å². The van der Waals surface area contributed by atoms with E-state index in [1.54, 1.807) is 18.3 Å². The Hall–Kier alpha value is -1.46. The molecule has 5 heteroatoms. The van der Waals surface area contributed by atoms with Crippen LogP contribution in [0.2, 0.25) is 0 Å². The maximum Gasteiger partial charge on any atom is 0.348 e. The molecule has 0 saturated carbocycles. The second-order valence-corrected chi connectivity index (χ2v) is 10.9. The smallest absolute Gasteiger partial charge is 0.348 e. The number of ether oxygens (including phenoxy) is 1. The Morgan fingerprint density at radius 1 is 0.815 bits per heavy atom. The van der Waals surface area contributed by atoms with Crippen LogP contribution in [0.4, 0.5) is 0 Å². The number of hydrogen-bond acceptors (Lipinski definition) is 5. The average Bonchev–Trinajstić information content (AvgIpc) is 3.09. The van der Waals surface area contributed by atoms with Gasteiger partial charge in [-0.05, 0) is 54.9 Å². The monoisotopic (exact) mass is 408 g/mol. The molecule has 0 aliphatic rings. The zero-order valence-corrected chi connectivity index (χ0v) is 19.8. The van der Waals surface area contributed by atoms with Crippen LogP contribution in [0.3, 0.4) is 0 Å². The number of carbonyl (C=O) groups excluding carboxylic acids is 2. The fourth-order valence-electron chi connectivity index (χ4n) is 2.35. The van der Waals surface area contributed by atoms with E-state index in [1.165, 1.54) is 28.2 Å². The van der Waals surface area contributed by atoms with Gasteiger partial charge in [-0.15, -0.1) is 22.7 Å². The summed E-state index contributed by atoms with van der Waals surface area (Å²) in [6, 6.07) is 4.19. The molecule has 2 heterocycles. The van der Waals surface area contributed by atoms with Gasteiger partial charge in [0.2, 0.25) is 0 Å². The summed E-state index contributed by atoms with van der Waals surface area (Å²) in [5.74, 6) is -0.0546. The second kappa shape index (κ2) is 8.70. The van der Waals surface area contributed by atoms with Crippen LogP contribution in [0.15, 0.2) is 12.1 Å². The Balaban J connectivity index is 0.000000271. The highest BCUT2D eigenvalue weighted by Gasteiger charge is 2.21. The van der Waals surface area contributed by atoms with E-state index < -0.39 is 0 Å². The van der Waals surface area contributed by atoms with Crippen molar-refractivity contribution in [1.29, 1.82) is 0 Å². The molecule has 0 aliphatic carbocycles. The molecule has 0 unspecified atom stereocenters. The van der Waals surface area contributed by atoms with Gasteiger partial charge in [0.05, 0.1) is 12.0 Å². The number of thiophene rings is 2. The molecule has 27 heavy (non-hydrogen) atoms. The van der Waals surface area contributed by atoms with Crippen LogP contribution in [-0.2, 0) is 15.6 Å². The van der Waals surface area contributed by atoms with E-state index in [0.29, 0.717) is 0 Å². The summed E-state index contributed by atoms with van der Waals surface area (Å²) in [7, 11) is 1.41. The van der Waals surface area contributed by atoms with Gasteiger partial charge in [0.15, 0.2) is 5.78 Å². The molecule has 0 aromatic carbocycles. The third-order valence-electron chi connectivity index (χ3n) is 4.00. The Bertz CT molecular complexity index is 812. The van der Waals surface area contributed by atoms with Crippen LogP contribution < -0.4 is 0 Å². The summed E-state index contributed by atoms with van der Waals surface area (Å²) >= 11 is 3.15. The third kappa shape index (κ3) is 6.28. The van der Waals surface area contributed by atoms with Crippen molar-refractivity contribution in [2.75, 3.05) is 7.11 Å². The summed E-state index contributed by atoms with van der Waals surface area (Å²) in [5, 5.41) is 0. The van der Waals surface area contributed by atoms with Crippen molar-refractivity contribution in [3.63, 3.8) is 0 Å². The lowest BCUT2D eigenvalue weighted by atomic mass is 9.94. The third-order valence-corrected chi connectivity index (χ3v) is 7.41. The van der Waals surface area contributed by atoms with E-state index in [0.717, 1.165) is 20.9 Å².